The van der Waals surface area contributed by atoms with Gasteiger partial charge in [-0.15, -0.1) is 0 Å². The van der Waals surface area contributed by atoms with Crippen molar-refractivity contribution in [3.05, 3.63) is 180 Å². The smallest absolute Gasteiger partial charge is 0.309 e. The van der Waals surface area contributed by atoms with Crippen LogP contribution in [0.3, 0.4) is 0 Å². The average Bonchev–Trinajstić information content (AvgIpc) is 3.59. The zero-order valence-corrected chi connectivity index (χ0v) is 29.9. The molecule has 9 rings (SSSR count). The van der Waals surface area contributed by atoms with E-state index in [2.05, 4.69) is 16.7 Å². The van der Waals surface area contributed by atoms with Crippen LogP contribution in [0.15, 0.2) is 164 Å². The third kappa shape index (κ3) is 6.43. The SMILES string of the molecule is N#Cc1ccc(-c2ccc3c(c2)c2ccccc2n3-c2cc(-c3nc(-c4ccccc4)nc(-c4ccccc4)n3)ccc2-c2cccc(C(F)(F)F)c2)c(C#N)c1. The van der Waals surface area contributed by atoms with E-state index >= 15 is 0 Å². The summed E-state index contributed by atoms with van der Waals surface area (Å²) in [7, 11) is 0. The highest BCUT2D eigenvalue weighted by Gasteiger charge is 2.31. The van der Waals surface area contributed by atoms with Gasteiger partial charge in [0.05, 0.1) is 45.5 Å². The Labute approximate surface area is 325 Å². The van der Waals surface area contributed by atoms with Crippen molar-refractivity contribution in [2.45, 2.75) is 6.18 Å². The average molecular weight is 745 g/mol. The molecule has 2 aromatic heterocycles. The van der Waals surface area contributed by atoms with Crippen LogP contribution in [0, 0.1) is 22.7 Å². The number of hydrogen-bond acceptors (Lipinski definition) is 5. The maximum Gasteiger partial charge on any atom is 0.416 e. The minimum Gasteiger partial charge on any atom is -0.309 e. The summed E-state index contributed by atoms with van der Waals surface area (Å²) >= 11 is 0. The van der Waals surface area contributed by atoms with Gasteiger partial charge in [-0.2, -0.15) is 23.7 Å². The molecule has 0 N–H and O–H groups in total. The van der Waals surface area contributed by atoms with Gasteiger partial charge in [0.1, 0.15) is 0 Å². The van der Waals surface area contributed by atoms with E-state index < -0.39 is 11.7 Å². The van der Waals surface area contributed by atoms with Gasteiger partial charge >= 0.3 is 6.18 Å². The fourth-order valence-electron chi connectivity index (χ4n) is 7.26. The van der Waals surface area contributed by atoms with Crippen LogP contribution in [0.2, 0.25) is 0 Å². The standard InChI is InChI=1S/C48H27F3N6/c49-48(50,51)37-15-9-14-33(25-37)39-22-19-35(47-55-45(31-10-3-1-4-11-31)54-46(56-47)32-12-5-2-6-13-32)27-44(39)57-42-17-8-7-16-40(42)41-26-34(20-23-43(41)57)38-21-18-30(28-52)24-36(38)29-53/h1-27H. The molecule has 270 valence electrons. The highest BCUT2D eigenvalue weighted by atomic mass is 19.4. The first kappa shape index (κ1) is 34.9. The number of alkyl halides is 3. The molecule has 0 aliphatic carbocycles. The lowest BCUT2D eigenvalue weighted by Gasteiger charge is -2.17. The van der Waals surface area contributed by atoms with Crippen LogP contribution in [0.25, 0.3) is 83.9 Å². The second-order valence-corrected chi connectivity index (χ2v) is 13.4. The molecule has 7 aromatic carbocycles. The van der Waals surface area contributed by atoms with Crippen molar-refractivity contribution < 1.29 is 13.2 Å². The maximum absolute atomic E-state index is 14.1. The largest absolute Gasteiger partial charge is 0.416 e. The number of nitriles is 2. The molecule has 0 amide bonds. The molecule has 0 saturated carbocycles. The van der Waals surface area contributed by atoms with E-state index in [-0.39, 0.29) is 0 Å². The van der Waals surface area contributed by atoms with E-state index in [0.717, 1.165) is 44.6 Å². The topological polar surface area (TPSA) is 91.2 Å². The zero-order valence-electron chi connectivity index (χ0n) is 29.9. The van der Waals surface area contributed by atoms with Crippen molar-refractivity contribution in [1.82, 2.24) is 19.5 Å². The summed E-state index contributed by atoms with van der Waals surface area (Å²) in [6.07, 6.45) is -4.54. The predicted molar refractivity (Wildman–Crippen MR) is 216 cm³/mol. The highest BCUT2D eigenvalue weighted by Crippen LogP contribution is 2.41. The van der Waals surface area contributed by atoms with Gasteiger partial charge < -0.3 is 4.57 Å². The Kier molecular flexibility index (Phi) is 8.61. The third-order valence-electron chi connectivity index (χ3n) is 9.95. The summed E-state index contributed by atoms with van der Waals surface area (Å²) in [5, 5.41) is 21.2. The lowest BCUT2D eigenvalue weighted by molar-refractivity contribution is -0.137. The lowest BCUT2D eigenvalue weighted by atomic mass is 9.97. The molecule has 9 heteroatoms. The molecule has 0 aliphatic rings. The van der Waals surface area contributed by atoms with Crippen molar-refractivity contribution in [2.75, 3.05) is 0 Å². The predicted octanol–water partition coefficient (Wildman–Crippen LogP) is 12.1. The van der Waals surface area contributed by atoms with E-state index in [9.17, 15) is 23.7 Å². The molecule has 0 fully saturated rings. The Bertz CT molecular complexity index is 3030. The Morgan fingerprint density at radius 2 is 1.04 bits per heavy atom. The highest BCUT2D eigenvalue weighted by molar-refractivity contribution is 6.11. The Hall–Kier alpha value is -7.88. The summed E-state index contributed by atoms with van der Waals surface area (Å²) in [4.78, 5) is 14.7. The zero-order chi connectivity index (χ0) is 39.1. The molecule has 0 radical (unpaired) electrons. The van der Waals surface area contributed by atoms with Crippen LogP contribution >= 0.6 is 0 Å². The van der Waals surface area contributed by atoms with Gasteiger partial charge in [0.2, 0.25) is 0 Å². The van der Waals surface area contributed by atoms with Gasteiger partial charge in [0, 0.05) is 33.0 Å². The van der Waals surface area contributed by atoms with E-state index in [1.165, 1.54) is 12.1 Å². The first-order valence-electron chi connectivity index (χ1n) is 18.0. The van der Waals surface area contributed by atoms with Crippen molar-refractivity contribution in [2.24, 2.45) is 0 Å². The quantitative estimate of drug-likeness (QED) is 0.169. The minimum absolute atomic E-state index is 0.374. The summed E-state index contributed by atoms with van der Waals surface area (Å²) < 4.78 is 44.4. The number of fused-ring (bicyclic) bond motifs is 3. The van der Waals surface area contributed by atoms with E-state index in [1.54, 1.807) is 24.3 Å². The van der Waals surface area contributed by atoms with Crippen LogP contribution in [0.4, 0.5) is 13.2 Å². The molecule has 2 heterocycles. The molecule has 0 unspecified atom stereocenters. The van der Waals surface area contributed by atoms with Gasteiger partial charge in [0.25, 0.3) is 0 Å². The summed E-state index contributed by atoms with van der Waals surface area (Å²) in [5.41, 5.74) is 6.90. The number of halogens is 3. The van der Waals surface area contributed by atoms with Crippen LogP contribution in [-0.4, -0.2) is 19.5 Å². The van der Waals surface area contributed by atoms with Crippen molar-refractivity contribution >= 4 is 21.8 Å². The minimum atomic E-state index is -4.54. The molecule has 0 spiro atoms. The van der Waals surface area contributed by atoms with E-state index in [0.29, 0.717) is 56.5 Å². The number of para-hydroxylation sites is 1. The van der Waals surface area contributed by atoms with E-state index in [4.69, 9.17) is 15.0 Å². The van der Waals surface area contributed by atoms with Gasteiger partial charge in [-0.05, 0) is 65.2 Å². The molecular weight excluding hydrogens is 718 g/mol. The molecule has 0 atom stereocenters. The summed E-state index contributed by atoms with van der Waals surface area (Å²) in [5.74, 6) is 1.35. The lowest BCUT2D eigenvalue weighted by Crippen LogP contribution is -2.05. The van der Waals surface area contributed by atoms with Gasteiger partial charge in [-0.3, -0.25) is 0 Å². The molecule has 0 saturated heterocycles. The second kappa shape index (κ2) is 14.1. The van der Waals surface area contributed by atoms with E-state index in [1.807, 2.05) is 121 Å². The Balaban J connectivity index is 1.31. The first-order valence-corrected chi connectivity index (χ1v) is 18.0. The van der Waals surface area contributed by atoms with Crippen molar-refractivity contribution in [3.63, 3.8) is 0 Å². The van der Waals surface area contributed by atoms with Crippen LogP contribution in [-0.2, 0) is 6.18 Å². The first-order chi connectivity index (χ1) is 27.8. The van der Waals surface area contributed by atoms with Crippen LogP contribution in [0.1, 0.15) is 16.7 Å². The molecule has 57 heavy (non-hydrogen) atoms. The fraction of sp³-hybridized carbons (Fsp3) is 0.0208. The van der Waals surface area contributed by atoms with Gasteiger partial charge in [-0.25, -0.2) is 15.0 Å². The summed E-state index contributed by atoms with van der Waals surface area (Å²) in [6, 6.07) is 53.2. The van der Waals surface area contributed by atoms with Crippen molar-refractivity contribution in [1.29, 1.82) is 10.5 Å². The van der Waals surface area contributed by atoms with Crippen molar-refractivity contribution in [3.8, 4) is 74.2 Å². The fourth-order valence-corrected chi connectivity index (χ4v) is 7.26. The Morgan fingerprint density at radius 1 is 0.456 bits per heavy atom. The van der Waals surface area contributed by atoms with Crippen LogP contribution < -0.4 is 0 Å². The molecule has 0 aliphatic heterocycles. The molecule has 6 nitrogen and oxygen atoms in total. The normalized spacial score (nSPS) is 11.4. The second-order valence-electron chi connectivity index (χ2n) is 13.4. The maximum atomic E-state index is 14.1. The number of nitrogens with zero attached hydrogens (tertiary/aromatic N) is 6. The van der Waals surface area contributed by atoms with Gasteiger partial charge in [0.15, 0.2) is 17.5 Å². The Morgan fingerprint density at radius 3 is 1.70 bits per heavy atom. The summed E-state index contributed by atoms with van der Waals surface area (Å²) in [6.45, 7) is 0. The third-order valence-corrected chi connectivity index (χ3v) is 9.95. The van der Waals surface area contributed by atoms with Gasteiger partial charge in [-0.1, -0.05) is 115 Å². The molecular formula is C48H27F3N6. The molecule has 0 bridgehead atoms. The molecule has 9 aromatic rings. The number of aromatic nitrogens is 4. The number of benzene rings is 7. The number of rotatable bonds is 6. The number of hydrogen-bond donors (Lipinski definition) is 0. The van der Waals surface area contributed by atoms with Crippen LogP contribution in [0.5, 0.6) is 0 Å². The monoisotopic (exact) mass is 744 g/mol.